The zero-order valence-electron chi connectivity index (χ0n) is 14.5. The van der Waals surface area contributed by atoms with E-state index in [0.29, 0.717) is 12.1 Å². The summed E-state index contributed by atoms with van der Waals surface area (Å²) in [6.45, 7) is -1.35. The number of benzene rings is 1. The molecule has 1 aliphatic heterocycles. The Balaban J connectivity index is 2.64. The van der Waals surface area contributed by atoms with E-state index in [1.807, 2.05) is 0 Å². The number of anilines is 1. The summed E-state index contributed by atoms with van der Waals surface area (Å²) >= 11 is 12.1. The van der Waals surface area contributed by atoms with Gasteiger partial charge in [0.25, 0.3) is 0 Å². The SMILES string of the molecule is CN(C)C=NC1C(C(=O)CF)=CN(C#N)N1c1c(Cl)cc(C(F)(F)F)cc1Cl. The molecule has 0 radical (unpaired) electrons. The van der Waals surface area contributed by atoms with Crippen LogP contribution in [0.1, 0.15) is 5.56 Å². The van der Waals surface area contributed by atoms with Crippen LogP contribution in [-0.4, -0.2) is 49.0 Å². The van der Waals surface area contributed by atoms with Crippen molar-refractivity contribution < 1.29 is 22.4 Å². The average molecular weight is 438 g/mol. The van der Waals surface area contributed by atoms with Gasteiger partial charge in [0.2, 0.25) is 6.19 Å². The Labute approximate surface area is 167 Å². The van der Waals surface area contributed by atoms with Gasteiger partial charge in [-0.3, -0.25) is 4.79 Å². The molecule has 1 aromatic carbocycles. The second-order valence-corrected chi connectivity index (χ2v) is 6.63. The summed E-state index contributed by atoms with van der Waals surface area (Å²) < 4.78 is 51.9. The third kappa shape index (κ3) is 4.31. The van der Waals surface area contributed by atoms with Crippen LogP contribution in [0.25, 0.3) is 0 Å². The van der Waals surface area contributed by atoms with Gasteiger partial charge in [-0.2, -0.15) is 23.4 Å². The van der Waals surface area contributed by atoms with Crippen LogP contribution in [0.4, 0.5) is 23.2 Å². The fraction of sp³-hybridized carbons (Fsp3) is 0.312. The quantitative estimate of drug-likeness (QED) is 0.302. The van der Waals surface area contributed by atoms with Crippen molar-refractivity contribution in [3.63, 3.8) is 0 Å². The summed E-state index contributed by atoms with van der Waals surface area (Å²) in [5.74, 6) is -0.942. The fourth-order valence-corrected chi connectivity index (χ4v) is 3.06. The number of hydrazine groups is 1. The Morgan fingerprint density at radius 2 is 1.93 bits per heavy atom. The van der Waals surface area contributed by atoms with Crippen LogP contribution in [0.15, 0.2) is 28.9 Å². The monoisotopic (exact) mass is 437 g/mol. The van der Waals surface area contributed by atoms with Gasteiger partial charge in [-0.25, -0.2) is 14.4 Å². The first-order chi connectivity index (χ1) is 13.0. The van der Waals surface area contributed by atoms with Gasteiger partial charge in [0.1, 0.15) is 0 Å². The summed E-state index contributed by atoms with van der Waals surface area (Å²) in [6, 6.07) is 1.28. The van der Waals surface area contributed by atoms with Crippen LogP contribution in [0.3, 0.4) is 0 Å². The molecule has 0 spiro atoms. The Morgan fingerprint density at radius 3 is 2.36 bits per heavy atom. The highest BCUT2D eigenvalue weighted by Crippen LogP contribution is 2.43. The molecule has 0 N–H and O–H groups in total. The van der Waals surface area contributed by atoms with Crippen molar-refractivity contribution in [1.29, 1.82) is 5.26 Å². The summed E-state index contributed by atoms with van der Waals surface area (Å²) in [6.07, 6.45) is -1.90. The standard InChI is InChI=1S/C16H13Cl2F4N5O/c1-25(2)8-24-15-10(13(28)5-19)6-26(7-23)27(15)14-11(17)3-9(4-12(14)18)16(20,21)22/h3-4,6,8,15H,5H2,1-2H3. The van der Waals surface area contributed by atoms with Crippen LogP contribution >= 0.6 is 23.2 Å². The second kappa shape index (κ2) is 8.24. The number of ketones is 1. The van der Waals surface area contributed by atoms with E-state index in [-0.39, 0.29) is 11.3 Å². The highest BCUT2D eigenvalue weighted by atomic mass is 35.5. The van der Waals surface area contributed by atoms with Crippen LogP contribution in [-0.2, 0) is 11.0 Å². The maximum Gasteiger partial charge on any atom is 0.416 e. The lowest BCUT2D eigenvalue weighted by Gasteiger charge is -2.31. The topological polar surface area (TPSA) is 62.9 Å². The molecule has 2 rings (SSSR count). The minimum absolute atomic E-state index is 0.184. The molecule has 6 nitrogen and oxygen atoms in total. The lowest BCUT2D eigenvalue weighted by atomic mass is 10.1. The Morgan fingerprint density at radius 1 is 1.36 bits per heavy atom. The number of rotatable bonds is 5. The molecular weight excluding hydrogens is 425 g/mol. The Hall–Kier alpha value is -2.51. The van der Waals surface area contributed by atoms with Crippen LogP contribution in [0, 0.1) is 11.5 Å². The second-order valence-electron chi connectivity index (χ2n) is 5.82. The van der Waals surface area contributed by atoms with Crippen molar-refractivity contribution in [1.82, 2.24) is 9.91 Å². The number of hydrogen-bond donors (Lipinski definition) is 0. The fourth-order valence-electron chi connectivity index (χ4n) is 2.40. The number of nitriles is 1. The van der Waals surface area contributed by atoms with E-state index < -0.39 is 40.4 Å². The molecule has 0 aliphatic carbocycles. The number of alkyl halides is 4. The molecule has 1 aliphatic rings. The Bertz CT molecular complexity index is 856. The first-order valence-corrected chi connectivity index (χ1v) is 8.31. The lowest BCUT2D eigenvalue weighted by Crippen LogP contribution is -2.40. The zero-order chi connectivity index (χ0) is 21.2. The van der Waals surface area contributed by atoms with E-state index in [1.165, 1.54) is 11.2 Å². The number of hydrogen-bond acceptors (Lipinski definition) is 5. The minimum Gasteiger partial charge on any atom is -0.369 e. The molecule has 1 atom stereocenters. The van der Waals surface area contributed by atoms with Gasteiger partial charge in [-0.05, 0) is 12.1 Å². The molecule has 0 saturated carbocycles. The molecule has 0 amide bonds. The molecule has 0 aromatic heterocycles. The van der Waals surface area contributed by atoms with Crippen molar-refractivity contribution in [3.05, 3.63) is 39.5 Å². The van der Waals surface area contributed by atoms with Gasteiger partial charge < -0.3 is 4.90 Å². The first-order valence-electron chi connectivity index (χ1n) is 7.56. The van der Waals surface area contributed by atoms with Gasteiger partial charge in [-0.15, -0.1) is 0 Å². The summed E-state index contributed by atoms with van der Waals surface area (Å²) in [4.78, 5) is 17.6. The summed E-state index contributed by atoms with van der Waals surface area (Å²) in [7, 11) is 3.26. The molecule has 150 valence electrons. The number of Topliss-reactive ketones (excluding diaryl/α,β-unsaturated/α-hetero) is 1. The van der Waals surface area contributed by atoms with E-state index in [2.05, 4.69) is 4.99 Å². The molecule has 28 heavy (non-hydrogen) atoms. The van der Waals surface area contributed by atoms with Gasteiger partial charge in [0, 0.05) is 20.3 Å². The van der Waals surface area contributed by atoms with Gasteiger partial charge >= 0.3 is 6.18 Å². The number of aliphatic imine (C=N–C) groups is 1. The number of halogens is 6. The van der Waals surface area contributed by atoms with Crippen molar-refractivity contribution in [2.24, 2.45) is 4.99 Å². The molecule has 1 heterocycles. The third-order valence-corrected chi connectivity index (χ3v) is 4.14. The van der Waals surface area contributed by atoms with E-state index in [0.717, 1.165) is 16.2 Å². The number of nitrogens with zero attached hydrogens (tertiary/aromatic N) is 5. The molecule has 0 saturated heterocycles. The molecule has 1 unspecified atom stereocenters. The van der Waals surface area contributed by atoms with Crippen LogP contribution < -0.4 is 5.01 Å². The van der Waals surface area contributed by atoms with Crippen molar-refractivity contribution in [2.75, 3.05) is 25.8 Å². The first kappa shape index (κ1) is 21.8. The van der Waals surface area contributed by atoms with Gasteiger partial charge in [0.05, 0.1) is 33.2 Å². The number of carbonyl (C=O) groups is 1. The number of carbonyl (C=O) groups excluding carboxylic acids is 1. The predicted molar refractivity (Wildman–Crippen MR) is 96.4 cm³/mol. The summed E-state index contributed by atoms with van der Waals surface area (Å²) in [5, 5.41) is 10.4. The largest absolute Gasteiger partial charge is 0.416 e. The molecule has 1 aromatic rings. The predicted octanol–water partition coefficient (Wildman–Crippen LogP) is 3.87. The van der Waals surface area contributed by atoms with Crippen LogP contribution in [0.5, 0.6) is 0 Å². The molecule has 12 heteroatoms. The van der Waals surface area contributed by atoms with Gasteiger partial charge in [0.15, 0.2) is 18.6 Å². The van der Waals surface area contributed by atoms with E-state index in [1.54, 1.807) is 20.3 Å². The highest BCUT2D eigenvalue weighted by Gasteiger charge is 2.40. The Kier molecular flexibility index (Phi) is 6.41. The van der Waals surface area contributed by atoms with Crippen molar-refractivity contribution >= 4 is 41.0 Å². The summed E-state index contributed by atoms with van der Waals surface area (Å²) in [5.41, 5.74) is -1.46. The zero-order valence-corrected chi connectivity index (χ0v) is 16.0. The maximum atomic E-state index is 13.0. The van der Waals surface area contributed by atoms with Crippen molar-refractivity contribution in [3.8, 4) is 6.19 Å². The highest BCUT2D eigenvalue weighted by molar-refractivity contribution is 6.39. The minimum atomic E-state index is -4.69. The third-order valence-electron chi connectivity index (χ3n) is 3.56. The molecule has 0 bridgehead atoms. The lowest BCUT2D eigenvalue weighted by molar-refractivity contribution is -0.137. The van der Waals surface area contributed by atoms with Crippen LogP contribution in [0.2, 0.25) is 10.0 Å². The average Bonchev–Trinajstić information content (AvgIpc) is 2.96. The molecular formula is C16H13Cl2F4N5O. The van der Waals surface area contributed by atoms with E-state index >= 15 is 0 Å². The normalized spacial score (nSPS) is 17.1. The smallest absolute Gasteiger partial charge is 0.369 e. The van der Waals surface area contributed by atoms with Crippen molar-refractivity contribution in [2.45, 2.75) is 12.3 Å². The van der Waals surface area contributed by atoms with Gasteiger partial charge in [-0.1, -0.05) is 23.2 Å². The maximum absolute atomic E-state index is 13.0. The van der Waals surface area contributed by atoms with E-state index in [4.69, 9.17) is 23.2 Å². The van der Waals surface area contributed by atoms with E-state index in [9.17, 15) is 27.6 Å². The molecule has 0 fully saturated rings.